The monoisotopic (exact) mass is 236 g/mol. The van der Waals surface area contributed by atoms with Gasteiger partial charge in [0.05, 0.1) is 6.42 Å². The highest BCUT2D eigenvalue weighted by atomic mass is 16.5. The van der Waals surface area contributed by atoms with Gasteiger partial charge in [-0.1, -0.05) is 18.2 Å². The number of rotatable bonds is 6. The molecule has 1 atom stereocenters. The molecule has 0 aliphatic heterocycles. The number of para-hydroxylation sites is 1. The van der Waals surface area contributed by atoms with E-state index in [0.29, 0.717) is 18.7 Å². The largest absolute Gasteiger partial charge is 0.398 e. The number of methoxy groups -OCH3 is 1. The predicted molar refractivity (Wildman–Crippen MR) is 68.7 cm³/mol. The van der Waals surface area contributed by atoms with Crippen LogP contribution in [-0.4, -0.2) is 25.7 Å². The molecule has 1 aromatic rings. The van der Waals surface area contributed by atoms with E-state index < -0.39 is 0 Å². The van der Waals surface area contributed by atoms with Crippen LogP contribution in [-0.2, 0) is 16.0 Å². The minimum atomic E-state index is -0.00787. The summed E-state index contributed by atoms with van der Waals surface area (Å²) in [6, 6.07) is 7.53. The molecule has 0 heterocycles. The molecule has 94 valence electrons. The minimum Gasteiger partial charge on any atom is -0.398 e. The Morgan fingerprint density at radius 2 is 2.18 bits per heavy atom. The van der Waals surface area contributed by atoms with Crippen LogP contribution in [0.2, 0.25) is 0 Å². The average Bonchev–Trinajstić information content (AvgIpc) is 2.29. The maximum absolute atomic E-state index is 11.7. The molecule has 4 heteroatoms. The van der Waals surface area contributed by atoms with Crippen molar-refractivity contribution in [3.63, 3.8) is 0 Å². The van der Waals surface area contributed by atoms with Crippen LogP contribution in [0.1, 0.15) is 18.9 Å². The number of ether oxygens (including phenoxy) is 1. The lowest BCUT2D eigenvalue weighted by Gasteiger charge is -2.13. The molecule has 0 aliphatic carbocycles. The van der Waals surface area contributed by atoms with E-state index in [1.807, 2.05) is 25.1 Å². The smallest absolute Gasteiger partial charge is 0.224 e. The lowest BCUT2D eigenvalue weighted by molar-refractivity contribution is -0.121. The number of benzene rings is 1. The predicted octanol–water partition coefficient (Wildman–Crippen LogP) is 1.35. The summed E-state index contributed by atoms with van der Waals surface area (Å²) < 4.78 is 4.96. The SMILES string of the molecule is COCCC(C)NC(=O)Cc1ccccc1N. The fourth-order valence-electron chi connectivity index (χ4n) is 1.56. The molecule has 1 rings (SSSR count). The summed E-state index contributed by atoms with van der Waals surface area (Å²) in [5.74, 6) is -0.00787. The van der Waals surface area contributed by atoms with Crippen molar-refractivity contribution in [2.75, 3.05) is 19.5 Å². The van der Waals surface area contributed by atoms with Crippen LogP contribution in [0.4, 0.5) is 5.69 Å². The van der Waals surface area contributed by atoms with Crippen LogP contribution < -0.4 is 11.1 Å². The maximum atomic E-state index is 11.7. The highest BCUT2D eigenvalue weighted by Gasteiger charge is 2.09. The van der Waals surface area contributed by atoms with E-state index in [9.17, 15) is 4.79 Å². The first-order chi connectivity index (χ1) is 8.13. The molecule has 0 saturated carbocycles. The Kier molecular flexibility index (Phi) is 5.49. The molecular formula is C13H20N2O2. The number of nitrogens with two attached hydrogens (primary N) is 1. The van der Waals surface area contributed by atoms with Gasteiger partial charge in [-0.2, -0.15) is 0 Å². The summed E-state index contributed by atoms with van der Waals surface area (Å²) in [5, 5.41) is 2.92. The molecule has 0 aliphatic rings. The van der Waals surface area contributed by atoms with Gasteiger partial charge in [0.15, 0.2) is 0 Å². The van der Waals surface area contributed by atoms with Crippen molar-refractivity contribution >= 4 is 11.6 Å². The lowest BCUT2D eigenvalue weighted by Crippen LogP contribution is -2.34. The average molecular weight is 236 g/mol. The van der Waals surface area contributed by atoms with Gasteiger partial charge in [0.1, 0.15) is 0 Å². The molecule has 3 N–H and O–H groups in total. The third-order valence-corrected chi connectivity index (χ3v) is 2.57. The van der Waals surface area contributed by atoms with Gasteiger partial charge in [-0.3, -0.25) is 4.79 Å². The fourth-order valence-corrected chi connectivity index (χ4v) is 1.56. The van der Waals surface area contributed by atoms with Crippen molar-refractivity contribution in [3.8, 4) is 0 Å². The number of anilines is 1. The molecule has 0 spiro atoms. The molecule has 0 saturated heterocycles. The van der Waals surface area contributed by atoms with E-state index in [0.717, 1.165) is 12.0 Å². The molecule has 1 unspecified atom stereocenters. The van der Waals surface area contributed by atoms with E-state index in [1.165, 1.54) is 0 Å². The van der Waals surface area contributed by atoms with Crippen LogP contribution in [0.5, 0.6) is 0 Å². The van der Waals surface area contributed by atoms with Crippen molar-refractivity contribution in [2.24, 2.45) is 0 Å². The Morgan fingerprint density at radius 1 is 1.47 bits per heavy atom. The van der Waals surface area contributed by atoms with Crippen LogP contribution in [0, 0.1) is 0 Å². The second kappa shape index (κ2) is 6.91. The fraction of sp³-hybridized carbons (Fsp3) is 0.462. The molecule has 0 aromatic heterocycles. The molecule has 0 radical (unpaired) electrons. The normalized spacial score (nSPS) is 12.1. The first-order valence-electron chi connectivity index (χ1n) is 5.75. The van der Waals surface area contributed by atoms with E-state index in [-0.39, 0.29) is 11.9 Å². The third kappa shape index (κ3) is 4.87. The van der Waals surface area contributed by atoms with Gasteiger partial charge < -0.3 is 15.8 Å². The van der Waals surface area contributed by atoms with Crippen molar-refractivity contribution in [1.82, 2.24) is 5.32 Å². The van der Waals surface area contributed by atoms with Crippen molar-refractivity contribution in [1.29, 1.82) is 0 Å². The standard InChI is InChI=1S/C13H20N2O2/c1-10(7-8-17-2)15-13(16)9-11-5-3-4-6-12(11)14/h3-6,10H,7-9,14H2,1-2H3,(H,15,16). The van der Waals surface area contributed by atoms with Gasteiger partial charge in [-0.05, 0) is 25.0 Å². The zero-order valence-corrected chi connectivity index (χ0v) is 10.4. The number of carbonyl (C=O) groups is 1. The highest BCUT2D eigenvalue weighted by Crippen LogP contribution is 2.10. The van der Waals surface area contributed by atoms with E-state index in [4.69, 9.17) is 10.5 Å². The van der Waals surface area contributed by atoms with Gasteiger partial charge in [-0.25, -0.2) is 0 Å². The topological polar surface area (TPSA) is 64.3 Å². The zero-order chi connectivity index (χ0) is 12.7. The molecule has 0 bridgehead atoms. The van der Waals surface area contributed by atoms with Crippen LogP contribution in [0.3, 0.4) is 0 Å². The Balaban J connectivity index is 2.42. The van der Waals surface area contributed by atoms with Gasteiger partial charge in [0.2, 0.25) is 5.91 Å². The second-order valence-electron chi connectivity index (χ2n) is 4.13. The number of hydrogen-bond acceptors (Lipinski definition) is 3. The van der Waals surface area contributed by atoms with Gasteiger partial charge in [0, 0.05) is 25.4 Å². The summed E-state index contributed by atoms with van der Waals surface area (Å²) in [5.41, 5.74) is 7.30. The van der Waals surface area contributed by atoms with Crippen LogP contribution in [0.15, 0.2) is 24.3 Å². The Hall–Kier alpha value is -1.55. The van der Waals surface area contributed by atoms with Crippen LogP contribution >= 0.6 is 0 Å². The molecule has 4 nitrogen and oxygen atoms in total. The number of carbonyl (C=O) groups excluding carboxylic acids is 1. The summed E-state index contributed by atoms with van der Waals surface area (Å²) in [4.78, 5) is 11.7. The number of nitrogen functional groups attached to an aromatic ring is 1. The number of amides is 1. The Bertz CT molecular complexity index is 366. The number of hydrogen-bond donors (Lipinski definition) is 2. The Labute approximate surface area is 102 Å². The molecule has 0 fully saturated rings. The van der Waals surface area contributed by atoms with Crippen molar-refractivity contribution < 1.29 is 9.53 Å². The summed E-state index contributed by atoms with van der Waals surface area (Å²) in [7, 11) is 1.65. The highest BCUT2D eigenvalue weighted by molar-refractivity contribution is 5.80. The lowest BCUT2D eigenvalue weighted by atomic mass is 10.1. The van der Waals surface area contributed by atoms with E-state index >= 15 is 0 Å². The molecular weight excluding hydrogens is 216 g/mol. The van der Waals surface area contributed by atoms with Crippen LogP contribution in [0.25, 0.3) is 0 Å². The first-order valence-corrected chi connectivity index (χ1v) is 5.75. The van der Waals surface area contributed by atoms with Crippen molar-refractivity contribution in [3.05, 3.63) is 29.8 Å². The molecule has 1 aromatic carbocycles. The van der Waals surface area contributed by atoms with E-state index in [2.05, 4.69) is 5.32 Å². The quantitative estimate of drug-likeness (QED) is 0.733. The second-order valence-corrected chi connectivity index (χ2v) is 4.13. The molecule has 17 heavy (non-hydrogen) atoms. The van der Waals surface area contributed by atoms with Crippen molar-refractivity contribution in [2.45, 2.75) is 25.8 Å². The summed E-state index contributed by atoms with van der Waals surface area (Å²) >= 11 is 0. The zero-order valence-electron chi connectivity index (χ0n) is 10.4. The number of nitrogens with one attached hydrogen (secondary N) is 1. The molecule has 1 amide bonds. The summed E-state index contributed by atoms with van der Waals surface area (Å²) in [6.45, 7) is 2.61. The first kappa shape index (κ1) is 13.5. The summed E-state index contributed by atoms with van der Waals surface area (Å²) in [6.07, 6.45) is 1.14. The maximum Gasteiger partial charge on any atom is 0.224 e. The van der Waals surface area contributed by atoms with E-state index in [1.54, 1.807) is 13.2 Å². The minimum absolute atomic E-state index is 0.00787. The van der Waals surface area contributed by atoms with Gasteiger partial charge in [0.25, 0.3) is 0 Å². The third-order valence-electron chi connectivity index (χ3n) is 2.57. The Morgan fingerprint density at radius 3 is 2.82 bits per heavy atom. The van der Waals surface area contributed by atoms with Gasteiger partial charge in [-0.15, -0.1) is 0 Å². The van der Waals surface area contributed by atoms with Gasteiger partial charge >= 0.3 is 0 Å².